The summed E-state index contributed by atoms with van der Waals surface area (Å²) in [5.41, 5.74) is 4.50. The molecular formula is C14H18N2S. The zero-order chi connectivity index (χ0) is 11.9. The predicted octanol–water partition coefficient (Wildman–Crippen LogP) is 2.83. The fraction of sp³-hybridized carbons (Fsp3) is 0.357. The molecule has 0 spiro atoms. The van der Waals surface area contributed by atoms with Gasteiger partial charge in [0.15, 0.2) is 0 Å². The van der Waals surface area contributed by atoms with Crippen LogP contribution in [0.3, 0.4) is 0 Å². The van der Waals surface area contributed by atoms with E-state index in [9.17, 15) is 0 Å². The van der Waals surface area contributed by atoms with Crippen LogP contribution in [-0.4, -0.2) is 18.1 Å². The Morgan fingerprint density at radius 1 is 1.12 bits per heavy atom. The third-order valence-corrected chi connectivity index (χ3v) is 3.80. The molecule has 0 aliphatic carbocycles. The maximum atomic E-state index is 4.25. The highest BCUT2D eigenvalue weighted by Crippen LogP contribution is 2.11. The van der Waals surface area contributed by atoms with E-state index in [1.807, 2.05) is 5.51 Å². The molecule has 0 atom stereocenters. The van der Waals surface area contributed by atoms with E-state index < -0.39 is 0 Å². The molecule has 3 heteroatoms. The van der Waals surface area contributed by atoms with Crippen LogP contribution in [0.25, 0.3) is 0 Å². The van der Waals surface area contributed by atoms with Crippen LogP contribution in [-0.2, 0) is 12.8 Å². The van der Waals surface area contributed by atoms with Crippen molar-refractivity contribution in [2.24, 2.45) is 0 Å². The van der Waals surface area contributed by atoms with Crippen LogP contribution in [0, 0.1) is 6.92 Å². The van der Waals surface area contributed by atoms with E-state index >= 15 is 0 Å². The van der Waals surface area contributed by atoms with Gasteiger partial charge in [0.05, 0.1) is 11.2 Å². The SMILES string of the molecule is Cc1ncsc1CCNCCc1ccccc1. The molecule has 0 unspecified atom stereocenters. The Hall–Kier alpha value is -1.19. The van der Waals surface area contributed by atoms with Crippen molar-refractivity contribution in [3.8, 4) is 0 Å². The molecule has 0 amide bonds. The van der Waals surface area contributed by atoms with Gasteiger partial charge in [-0.3, -0.25) is 0 Å². The number of nitrogens with zero attached hydrogens (tertiary/aromatic N) is 1. The molecule has 2 rings (SSSR count). The summed E-state index contributed by atoms with van der Waals surface area (Å²) in [7, 11) is 0. The number of thiazole rings is 1. The van der Waals surface area contributed by atoms with Gasteiger partial charge in [-0.2, -0.15) is 0 Å². The number of hydrogen-bond donors (Lipinski definition) is 1. The number of rotatable bonds is 6. The van der Waals surface area contributed by atoms with Gasteiger partial charge in [-0.15, -0.1) is 11.3 Å². The second-order valence-electron chi connectivity index (χ2n) is 4.10. The molecule has 0 bridgehead atoms. The van der Waals surface area contributed by atoms with Crippen molar-refractivity contribution < 1.29 is 0 Å². The fourth-order valence-corrected chi connectivity index (χ4v) is 2.55. The molecule has 0 aliphatic rings. The number of nitrogens with one attached hydrogen (secondary N) is 1. The summed E-state index contributed by atoms with van der Waals surface area (Å²) >= 11 is 1.75. The molecule has 1 aromatic carbocycles. The third-order valence-electron chi connectivity index (χ3n) is 2.81. The minimum atomic E-state index is 1.04. The van der Waals surface area contributed by atoms with E-state index in [4.69, 9.17) is 0 Å². The molecule has 0 saturated heterocycles. The first-order valence-corrected chi connectivity index (χ1v) is 6.88. The monoisotopic (exact) mass is 246 g/mol. The zero-order valence-corrected chi connectivity index (χ0v) is 11.0. The first-order valence-electron chi connectivity index (χ1n) is 6.00. The van der Waals surface area contributed by atoms with E-state index in [-0.39, 0.29) is 0 Å². The van der Waals surface area contributed by atoms with Gasteiger partial charge < -0.3 is 5.32 Å². The average Bonchev–Trinajstić information content (AvgIpc) is 2.76. The maximum absolute atomic E-state index is 4.25. The van der Waals surface area contributed by atoms with Crippen molar-refractivity contribution in [3.63, 3.8) is 0 Å². The highest BCUT2D eigenvalue weighted by molar-refractivity contribution is 7.09. The van der Waals surface area contributed by atoms with E-state index in [1.165, 1.54) is 16.1 Å². The molecule has 1 N–H and O–H groups in total. The predicted molar refractivity (Wildman–Crippen MR) is 73.6 cm³/mol. The minimum absolute atomic E-state index is 1.04. The zero-order valence-electron chi connectivity index (χ0n) is 10.1. The van der Waals surface area contributed by atoms with Crippen LogP contribution >= 0.6 is 11.3 Å². The fourth-order valence-electron chi connectivity index (χ4n) is 1.77. The standard InChI is InChI=1S/C14H18N2S/c1-12-14(17-11-16-12)8-10-15-9-7-13-5-3-2-4-6-13/h2-6,11,15H,7-10H2,1H3. The molecule has 0 aliphatic heterocycles. The molecule has 1 heterocycles. The Morgan fingerprint density at radius 3 is 2.59 bits per heavy atom. The lowest BCUT2D eigenvalue weighted by atomic mass is 10.1. The van der Waals surface area contributed by atoms with Gasteiger partial charge in [0, 0.05) is 11.4 Å². The van der Waals surface area contributed by atoms with Gasteiger partial charge >= 0.3 is 0 Å². The maximum Gasteiger partial charge on any atom is 0.0797 e. The summed E-state index contributed by atoms with van der Waals surface area (Å²) in [5, 5.41) is 3.48. The van der Waals surface area contributed by atoms with Crippen LogP contribution in [0.15, 0.2) is 35.8 Å². The summed E-state index contributed by atoms with van der Waals surface area (Å²) in [6.07, 6.45) is 2.19. The molecule has 0 saturated carbocycles. The van der Waals surface area contributed by atoms with Gasteiger partial charge in [-0.25, -0.2) is 4.98 Å². The molecule has 1 aromatic heterocycles. The number of hydrogen-bond acceptors (Lipinski definition) is 3. The quantitative estimate of drug-likeness (QED) is 0.793. The molecular weight excluding hydrogens is 228 g/mol. The average molecular weight is 246 g/mol. The molecule has 17 heavy (non-hydrogen) atoms. The summed E-state index contributed by atoms with van der Waals surface area (Å²) in [4.78, 5) is 5.65. The van der Waals surface area contributed by atoms with E-state index in [0.29, 0.717) is 0 Å². The minimum Gasteiger partial charge on any atom is -0.316 e. The molecule has 2 nitrogen and oxygen atoms in total. The van der Waals surface area contributed by atoms with Crippen LogP contribution in [0.1, 0.15) is 16.1 Å². The van der Waals surface area contributed by atoms with Crippen LogP contribution in [0.5, 0.6) is 0 Å². The highest BCUT2D eigenvalue weighted by atomic mass is 32.1. The third kappa shape index (κ3) is 3.95. The summed E-state index contributed by atoms with van der Waals surface area (Å²) < 4.78 is 0. The van der Waals surface area contributed by atoms with Crippen LogP contribution < -0.4 is 5.32 Å². The Balaban J connectivity index is 1.63. The highest BCUT2D eigenvalue weighted by Gasteiger charge is 2.00. The second-order valence-corrected chi connectivity index (χ2v) is 5.04. The van der Waals surface area contributed by atoms with Crippen molar-refractivity contribution in [1.29, 1.82) is 0 Å². The summed E-state index contributed by atoms with van der Waals surface area (Å²) in [5.74, 6) is 0. The lowest BCUT2D eigenvalue weighted by Crippen LogP contribution is -2.20. The number of benzene rings is 1. The summed E-state index contributed by atoms with van der Waals surface area (Å²) in [6, 6.07) is 10.6. The van der Waals surface area contributed by atoms with Crippen LogP contribution in [0.2, 0.25) is 0 Å². The van der Waals surface area contributed by atoms with Gasteiger partial charge in [0.25, 0.3) is 0 Å². The molecule has 2 aromatic rings. The second kappa shape index (κ2) is 6.52. The largest absolute Gasteiger partial charge is 0.316 e. The molecule has 0 radical (unpaired) electrons. The van der Waals surface area contributed by atoms with Crippen molar-refractivity contribution in [3.05, 3.63) is 52.0 Å². The lowest BCUT2D eigenvalue weighted by Gasteiger charge is -2.04. The van der Waals surface area contributed by atoms with E-state index in [1.54, 1.807) is 11.3 Å². The van der Waals surface area contributed by atoms with E-state index in [0.717, 1.165) is 25.9 Å². The normalized spacial score (nSPS) is 10.6. The van der Waals surface area contributed by atoms with Crippen molar-refractivity contribution >= 4 is 11.3 Å². The Morgan fingerprint density at radius 2 is 1.88 bits per heavy atom. The first-order chi connectivity index (χ1) is 8.36. The van der Waals surface area contributed by atoms with E-state index in [2.05, 4.69) is 47.6 Å². The van der Waals surface area contributed by atoms with Gasteiger partial charge in [0.2, 0.25) is 0 Å². The molecule has 90 valence electrons. The lowest BCUT2D eigenvalue weighted by molar-refractivity contribution is 0.683. The van der Waals surface area contributed by atoms with Gasteiger partial charge in [0.1, 0.15) is 0 Å². The van der Waals surface area contributed by atoms with Crippen molar-refractivity contribution in [1.82, 2.24) is 10.3 Å². The number of aryl methyl sites for hydroxylation is 1. The van der Waals surface area contributed by atoms with Crippen molar-refractivity contribution in [2.45, 2.75) is 19.8 Å². The topological polar surface area (TPSA) is 24.9 Å². The molecule has 0 fully saturated rings. The van der Waals surface area contributed by atoms with Crippen LogP contribution in [0.4, 0.5) is 0 Å². The van der Waals surface area contributed by atoms with Gasteiger partial charge in [-0.1, -0.05) is 30.3 Å². The Bertz CT molecular complexity index is 436. The smallest absolute Gasteiger partial charge is 0.0797 e. The van der Waals surface area contributed by atoms with Gasteiger partial charge in [-0.05, 0) is 31.9 Å². The Labute approximate surface area is 107 Å². The first kappa shape index (κ1) is 12.3. The Kier molecular flexibility index (Phi) is 4.71. The van der Waals surface area contributed by atoms with Crippen molar-refractivity contribution in [2.75, 3.05) is 13.1 Å². The number of aromatic nitrogens is 1. The summed E-state index contributed by atoms with van der Waals surface area (Å²) in [6.45, 7) is 4.16.